The first-order valence-corrected chi connectivity index (χ1v) is 7.70. The molecule has 2 amide bonds. The number of hydrogen-bond donors (Lipinski definition) is 2. The van der Waals surface area contributed by atoms with Crippen molar-refractivity contribution in [2.45, 2.75) is 52.4 Å². The summed E-state index contributed by atoms with van der Waals surface area (Å²) >= 11 is 0. The monoisotopic (exact) mass is 304 g/mol. The number of primary amides is 1. The van der Waals surface area contributed by atoms with Crippen molar-refractivity contribution in [3.8, 4) is 0 Å². The number of benzene rings is 1. The molecule has 0 unspecified atom stereocenters. The third kappa shape index (κ3) is 5.68. The lowest BCUT2D eigenvalue weighted by atomic mass is 10.0. The summed E-state index contributed by atoms with van der Waals surface area (Å²) in [4.78, 5) is 34.8. The molecule has 0 aliphatic rings. The van der Waals surface area contributed by atoms with Crippen LogP contribution in [0.1, 0.15) is 61.4 Å². The van der Waals surface area contributed by atoms with Gasteiger partial charge in [-0.15, -0.1) is 0 Å². The maximum absolute atomic E-state index is 11.9. The normalized spacial score (nSPS) is 10.3. The van der Waals surface area contributed by atoms with Gasteiger partial charge in [0.1, 0.15) is 0 Å². The zero-order chi connectivity index (χ0) is 16.5. The Labute approximate surface area is 131 Å². The summed E-state index contributed by atoms with van der Waals surface area (Å²) in [6.45, 7) is 3.94. The molecule has 5 heteroatoms. The van der Waals surface area contributed by atoms with E-state index in [1.54, 1.807) is 25.1 Å². The van der Waals surface area contributed by atoms with E-state index in [2.05, 4.69) is 12.2 Å². The zero-order valence-electron chi connectivity index (χ0n) is 13.3. The van der Waals surface area contributed by atoms with Crippen LogP contribution in [0.2, 0.25) is 0 Å². The van der Waals surface area contributed by atoms with Crippen molar-refractivity contribution in [1.82, 2.24) is 0 Å². The van der Waals surface area contributed by atoms with Crippen molar-refractivity contribution in [3.05, 3.63) is 29.3 Å². The predicted octanol–water partition coefficient (Wildman–Crippen LogP) is 2.96. The number of aryl methyl sites for hydroxylation is 1. The Morgan fingerprint density at radius 2 is 1.77 bits per heavy atom. The summed E-state index contributed by atoms with van der Waals surface area (Å²) < 4.78 is 0. The highest BCUT2D eigenvalue weighted by Crippen LogP contribution is 2.19. The maximum atomic E-state index is 11.9. The predicted molar refractivity (Wildman–Crippen MR) is 86.7 cm³/mol. The van der Waals surface area contributed by atoms with Gasteiger partial charge in [-0.25, -0.2) is 0 Å². The van der Waals surface area contributed by atoms with Gasteiger partial charge in [-0.2, -0.15) is 0 Å². The average Bonchev–Trinajstić information content (AvgIpc) is 2.48. The van der Waals surface area contributed by atoms with Crippen LogP contribution in [0.3, 0.4) is 0 Å². The molecule has 1 aromatic rings. The standard InChI is InChI=1S/C17H24N2O3/c1-3-4-5-6-7-8-15(20)19-14-10-9-12(2)11-13(14)16(21)17(18)22/h9-11H,3-8H2,1-2H3,(H2,18,22)(H,19,20). The second-order valence-electron chi connectivity index (χ2n) is 5.45. The first kappa shape index (κ1) is 17.9. The number of nitrogens with two attached hydrogens (primary N) is 1. The van der Waals surface area contributed by atoms with Crippen molar-refractivity contribution < 1.29 is 14.4 Å². The minimum absolute atomic E-state index is 0.145. The van der Waals surface area contributed by atoms with Crippen LogP contribution in [0.25, 0.3) is 0 Å². The second-order valence-corrected chi connectivity index (χ2v) is 5.45. The van der Waals surface area contributed by atoms with E-state index in [0.717, 1.165) is 31.2 Å². The van der Waals surface area contributed by atoms with E-state index in [9.17, 15) is 14.4 Å². The molecule has 22 heavy (non-hydrogen) atoms. The third-order valence-corrected chi connectivity index (χ3v) is 3.42. The molecule has 0 saturated carbocycles. The van der Waals surface area contributed by atoms with Crippen LogP contribution in [0, 0.1) is 6.92 Å². The van der Waals surface area contributed by atoms with Crippen molar-refractivity contribution in [2.24, 2.45) is 5.73 Å². The Balaban J connectivity index is 2.66. The van der Waals surface area contributed by atoms with Gasteiger partial charge in [0.25, 0.3) is 11.7 Å². The Bertz CT molecular complexity index is 553. The lowest BCUT2D eigenvalue weighted by Crippen LogP contribution is -2.25. The quantitative estimate of drug-likeness (QED) is 0.417. The van der Waals surface area contributed by atoms with Gasteiger partial charge in [0.15, 0.2) is 0 Å². The highest BCUT2D eigenvalue weighted by Gasteiger charge is 2.18. The fourth-order valence-corrected chi connectivity index (χ4v) is 2.19. The number of carbonyl (C=O) groups is 3. The lowest BCUT2D eigenvalue weighted by molar-refractivity contribution is -0.116. The van der Waals surface area contributed by atoms with E-state index in [0.29, 0.717) is 12.1 Å². The number of anilines is 1. The molecule has 0 atom stereocenters. The molecule has 1 rings (SSSR count). The van der Waals surface area contributed by atoms with Crippen LogP contribution < -0.4 is 11.1 Å². The van der Waals surface area contributed by atoms with Crippen LogP contribution in [-0.2, 0) is 9.59 Å². The Morgan fingerprint density at radius 1 is 1.09 bits per heavy atom. The zero-order valence-corrected chi connectivity index (χ0v) is 13.3. The topological polar surface area (TPSA) is 89.3 Å². The Kier molecular flexibility index (Phi) is 7.29. The smallest absolute Gasteiger partial charge is 0.289 e. The van der Waals surface area contributed by atoms with Crippen molar-refractivity contribution >= 4 is 23.3 Å². The van der Waals surface area contributed by atoms with E-state index in [-0.39, 0.29) is 11.5 Å². The van der Waals surface area contributed by atoms with Crippen LogP contribution in [0.4, 0.5) is 5.69 Å². The van der Waals surface area contributed by atoms with Gasteiger partial charge in [0.2, 0.25) is 5.91 Å². The molecule has 0 bridgehead atoms. The molecule has 0 spiro atoms. The van der Waals surface area contributed by atoms with E-state index in [1.165, 1.54) is 6.42 Å². The van der Waals surface area contributed by atoms with Crippen LogP contribution in [0.15, 0.2) is 18.2 Å². The molecular weight excluding hydrogens is 280 g/mol. The number of hydrogen-bond acceptors (Lipinski definition) is 3. The van der Waals surface area contributed by atoms with Crippen molar-refractivity contribution in [2.75, 3.05) is 5.32 Å². The van der Waals surface area contributed by atoms with E-state index in [4.69, 9.17) is 5.73 Å². The van der Waals surface area contributed by atoms with Gasteiger partial charge in [-0.05, 0) is 25.5 Å². The molecule has 0 radical (unpaired) electrons. The summed E-state index contributed by atoms with van der Waals surface area (Å²) in [5.41, 5.74) is 6.35. The molecule has 0 fully saturated rings. The van der Waals surface area contributed by atoms with Gasteiger partial charge in [-0.1, -0.05) is 44.2 Å². The van der Waals surface area contributed by atoms with Gasteiger partial charge >= 0.3 is 0 Å². The average molecular weight is 304 g/mol. The molecule has 0 heterocycles. The SMILES string of the molecule is CCCCCCCC(=O)Nc1ccc(C)cc1C(=O)C(N)=O. The van der Waals surface area contributed by atoms with E-state index < -0.39 is 11.7 Å². The van der Waals surface area contributed by atoms with Crippen LogP contribution >= 0.6 is 0 Å². The summed E-state index contributed by atoms with van der Waals surface area (Å²) in [6, 6.07) is 4.96. The third-order valence-electron chi connectivity index (χ3n) is 3.42. The molecule has 3 N–H and O–H groups in total. The fourth-order valence-electron chi connectivity index (χ4n) is 2.19. The van der Waals surface area contributed by atoms with E-state index in [1.807, 2.05) is 0 Å². The summed E-state index contributed by atoms with van der Waals surface area (Å²) in [6.07, 6.45) is 5.70. The highest BCUT2D eigenvalue weighted by molar-refractivity contribution is 6.43. The number of unbranched alkanes of at least 4 members (excludes halogenated alkanes) is 4. The minimum atomic E-state index is -1.03. The fraction of sp³-hybridized carbons (Fsp3) is 0.471. The van der Waals surface area contributed by atoms with Crippen LogP contribution in [0.5, 0.6) is 0 Å². The van der Waals surface area contributed by atoms with Crippen LogP contribution in [-0.4, -0.2) is 17.6 Å². The second kappa shape index (κ2) is 8.97. The largest absolute Gasteiger partial charge is 0.363 e. The summed E-state index contributed by atoms with van der Waals surface area (Å²) in [5, 5.41) is 2.70. The van der Waals surface area contributed by atoms with Gasteiger partial charge in [0.05, 0.1) is 11.3 Å². The number of carbonyl (C=O) groups excluding carboxylic acids is 3. The number of Topliss-reactive ketones (excluding diaryl/α,β-unsaturated/α-hetero) is 1. The Hall–Kier alpha value is -2.17. The lowest BCUT2D eigenvalue weighted by Gasteiger charge is -2.10. The number of amides is 2. The summed E-state index contributed by atoms with van der Waals surface area (Å²) in [7, 11) is 0. The first-order chi connectivity index (χ1) is 10.5. The van der Waals surface area contributed by atoms with Gasteiger partial charge in [-0.3, -0.25) is 14.4 Å². The highest BCUT2D eigenvalue weighted by atomic mass is 16.2. The number of nitrogens with one attached hydrogen (secondary N) is 1. The van der Waals surface area contributed by atoms with Gasteiger partial charge in [0, 0.05) is 6.42 Å². The molecule has 0 saturated heterocycles. The van der Waals surface area contributed by atoms with E-state index >= 15 is 0 Å². The number of rotatable bonds is 9. The molecule has 120 valence electrons. The molecule has 1 aromatic carbocycles. The molecular formula is C17H24N2O3. The maximum Gasteiger partial charge on any atom is 0.289 e. The molecule has 0 aliphatic carbocycles. The number of ketones is 1. The summed E-state index contributed by atoms with van der Waals surface area (Å²) in [5.74, 6) is -1.97. The van der Waals surface area contributed by atoms with Crippen molar-refractivity contribution in [3.63, 3.8) is 0 Å². The Morgan fingerprint density at radius 3 is 2.41 bits per heavy atom. The van der Waals surface area contributed by atoms with Gasteiger partial charge < -0.3 is 11.1 Å². The molecule has 0 aromatic heterocycles. The first-order valence-electron chi connectivity index (χ1n) is 7.70. The molecule has 0 aliphatic heterocycles. The minimum Gasteiger partial charge on any atom is -0.363 e. The van der Waals surface area contributed by atoms with Crippen molar-refractivity contribution in [1.29, 1.82) is 0 Å². The molecule has 5 nitrogen and oxygen atoms in total.